The number of anilines is 1. The van der Waals surface area contributed by atoms with Crippen LogP contribution in [-0.4, -0.2) is 6.61 Å². The van der Waals surface area contributed by atoms with Crippen molar-refractivity contribution in [2.75, 3.05) is 11.9 Å². The maximum atomic E-state index is 5.79. The van der Waals surface area contributed by atoms with Gasteiger partial charge in [-0.15, -0.1) is 0 Å². The predicted molar refractivity (Wildman–Crippen MR) is 97.9 cm³/mol. The molecule has 0 aliphatic rings. The van der Waals surface area contributed by atoms with Gasteiger partial charge in [-0.3, -0.25) is 0 Å². The first-order chi connectivity index (χ1) is 11.8. The highest BCUT2D eigenvalue weighted by Gasteiger charge is 1.99. The summed E-state index contributed by atoms with van der Waals surface area (Å²) in [6.07, 6.45) is 0. The molecule has 0 saturated carbocycles. The lowest BCUT2D eigenvalue weighted by Gasteiger charge is -2.09. The third kappa shape index (κ3) is 4.53. The molecule has 0 bridgehead atoms. The van der Waals surface area contributed by atoms with Crippen molar-refractivity contribution in [3.8, 4) is 17.2 Å². The summed E-state index contributed by atoms with van der Waals surface area (Å²) in [5.41, 5.74) is 2.27. The highest BCUT2D eigenvalue weighted by Crippen LogP contribution is 2.23. The molecule has 122 valence electrons. The van der Waals surface area contributed by atoms with E-state index in [2.05, 4.69) is 17.4 Å². The van der Waals surface area contributed by atoms with Crippen LogP contribution in [0.2, 0.25) is 0 Å². The van der Waals surface area contributed by atoms with Crippen molar-refractivity contribution in [3.63, 3.8) is 0 Å². The molecule has 0 aliphatic carbocycles. The molecule has 3 heteroatoms. The minimum atomic E-state index is 0.689. The molecule has 0 atom stereocenters. The zero-order valence-corrected chi connectivity index (χ0v) is 13.7. The van der Waals surface area contributed by atoms with Crippen molar-refractivity contribution >= 4 is 5.69 Å². The van der Waals surface area contributed by atoms with Crippen LogP contribution in [-0.2, 0) is 6.54 Å². The third-order valence-corrected chi connectivity index (χ3v) is 3.56. The normalized spacial score (nSPS) is 10.2. The van der Waals surface area contributed by atoms with Gasteiger partial charge in [-0.2, -0.15) is 0 Å². The van der Waals surface area contributed by atoms with Crippen molar-refractivity contribution in [2.24, 2.45) is 0 Å². The van der Waals surface area contributed by atoms with Crippen LogP contribution in [0.3, 0.4) is 0 Å². The van der Waals surface area contributed by atoms with E-state index in [1.165, 1.54) is 5.56 Å². The fourth-order valence-corrected chi connectivity index (χ4v) is 2.34. The molecule has 0 saturated heterocycles. The van der Waals surface area contributed by atoms with Gasteiger partial charge in [-0.05, 0) is 61.0 Å². The molecule has 0 spiro atoms. The number of para-hydroxylation sites is 1. The van der Waals surface area contributed by atoms with Crippen molar-refractivity contribution < 1.29 is 9.47 Å². The summed E-state index contributed by atoms with van der Waals surface area (Å²) in [5.74, 6) is 2.57. The summed E-state index contributed by atoms with van der Waals surface area (Å²) in [4.78, 5) is 0. The Bertz CT molecular complexity index is 737. The van der Waals surface area contributed by atoms with E-state index in [1.54, 1.807) is 0 Å². The molecule has 0 heterocycles. The number of rotatable bonds is 7. The fraction of sp³-hybridized carbons (Fsp3) is 0.143. The molecule has 0 amide bonds. The van der Waals surface area contributed by atoms with Gasteiger partial charge in [0.25, 0.3) is 0 Å². The molecule has 3 aromatic carbocycles. The van der Waals surface area contributed by atoms with Gasteiger partial charge in [0.15, 0.2) is 0 Å². The molecule has 0 aliphatic heterocycles. The quantitative estimate of drug-likeness (QED) is 0.624. The van der Waals surface area contributed by atoms with Gasteiger partial charge in [-0.25, -0.2) is 0 Å². The van der Waals surface area contributed by atoms with Crippen molar-refractivity contribution in [1.29, 1.82) is 0 Å². The molecule has 0 unspecified atom stereocenters. The minimum Gasteiger partial charge on any atom is -0.494 e. The summed E-state index contributed by atoms with van der Waals surface area (Å²) in [5, 5.41) is 3.41. The third-order valence-electron chi connectivity index (χ3n) is 3.56. The Balaban J connectivity index is 1.54. The Morgan fingerprint density at radius 1 is 0.708 bits per heavy atom. The monoisotopic (exact) mass is 319 g/mol. The maximum Gasteiger partial charge on any atom is 0.127 e. The first kappa shape index (κ1) is 15.9. The van der Waals surface area contributed by atoms with Crippen LogP contribution in [0.1, 0.15) is 12.5 Å². The van der Waals surface area contributed by atoms with Gasteiger partial charge >= 0.3 is 0 Å². The second-order valence-corrected chi connectivity index (χ2v) is 5.37. The molecule has 0 fully saturated rings. The average molecular weight is 319 g/mol. The first-order valence-electron chi connectivity index (χ1n) is 8.12. The first-order valence-corrected chi connectivity index (χ1v) is 8.12. The number of nitrogens with one attached hydrogen (secondary N) is 1. The molecule has 3 rings (SSSR count). The number of benzene rings is 3. The molecular formula is C21H21NO2. The van der Waals surface area contributed by atoms with Crippen LogP contribution in [0.25, 0.3) is 0 Å². The standard InChI is InChI=1S/C21H21NO2/c1-2-23-19-12-8-17(9-13-19)16-22-18-10-14-21(15-11-18)24-20-6-4-3-5-7-20/h3-15,22H,2,16H2,1H3. The Morgan fingerprint density at radius 2 is 1.33 bits per heavy atom. The van der Waals surface area contributed by atoms with Gasteiger partial charge in [0.05, 0.1) is 6.61 Å². The van der Waals surface area contributed by atoms with Gasteiger partial charge in [-0.1, -0.05) is 30.3 Å². The molecule has 3 nitrogen and oxygen atoms in total. The van der Waals surface area contributed by atoms with E-state index in [9.17, 15) is 0 Å². The van der Waals surface area contributed by atoms with Gasteiger partial charge in [0.1, 0.15) is 17.2 Å². The molecule has 0 aromatic heterocycles. The van der Waals surface area contributed by atoms with E-state index in [4.69, 9.17) is 9.47 Å². The second kappa shape index (κ2) is 8.06. The average Bonchev–Trinajstić information content (AvgIpc) is 2.63. The van der Waals surface area contributed by atoms with Crippen LogP contribution in [0.4, 0.5) is 5.69 Å². The zero-order valence-electron chi connectivity index (χ0n) is 13.7. The summed E-state index contributed by atoms with van der Waals surface area (Å²) in [7, 11) is 0. The summed E-state index contributed by atoms with van der Waals surface area (Å²) in [6.45, 7) is 3.45. The van der Waals surface area contributed by atoms with Crippen LogP contribution in [0.15, 0.2) is 78.9 Å². The smallest absolute Gasteiger partial charge is 0.127 e. The van der Waals surface area contributed by atoms with Gasteiger partial charge in [0.2, 0.25) is 0 Å². The lowest BCUT2D eigenvalue weighted by molar-refractivity contribution is 0.340. The maximum absolute atomic E-state index is 5.79. The highest BCUT2D eigenvalue weighted by atomic mass is 16.5. The Morgan fingerprint density at radius 3 is 2.00 bits per heavy atom. The SMILES string of the molecule is CCOc1ccc(CNc2ccc(Oc3ccccc3)cc2)cc1. The number of ether oxygens (including phenoxy) is 2. The minimum absolute atomic E-state index is 0.689. The van der Waals surface area contributed by atoms with Gasteiger partial charge in [0, 0.05) is 12.2 Å². The molecule has 3 aromatic rings. The molecule has 1 N–H and O–H groups in total. The molecular weight excluding hydrogens is 298 g/mol. The van der Waals surface area contributed by atoms with E-state index < -0.39 is 0 Å². The molecule has 0 radical (unpaired) electrons. The van der Waals surface area contributed by atoms with Crippen LogP contribution >= 0.6 is 0 Å². The van der Waals surface area contributed by atoms with Crippen LogP contribution in [0, 0.1) is 0 Å². The second-order valence-electron chi connectivity index (χ2n) is 5.37. The Labute approximate surface area is 142 Å². The summed E-state index contributed by atoms with van der Waals surface area (Å²) < 4.78 is 11.2. The van der Waals surface area contributed by atoms with E-state index in [0.717, 1.165) is 29.5 Å². The van der Waals surface area contributed by atoms with Crippen LogP contribution in [0.5, 0.6) is 17.2 Å². The molecule has 24 heavy (non-hydrogen) atoms. The van der Waals surface area contributed by atoms with E-state index in [0.29, 0.717) is 6.61 Å². The number of hydrogen-bond donors (Lipinski definition) is 1. The van der Waals surface area contributed by atoms with Crippen LogP contribution < -0.4 is 14.8 Å². The topological polar surface area (TPSA) is 30.5 Å². The highest BCUT2D eigenvalue weighted by molar-refractivity contribution is 5.47. The Kier molecular flexibility index (Phi) is 5.36. The lowest BCUT2D eigenvalue weighted by Crippen LogP contribution is -1.99. The van der Waals surface area contributed by atoms with E-state index in [1.807, 2.05) is 73.7 Å². The zero-order chi connectivity index (χ0) is 16.6. The largest absolute Gasteiger partial charge is 0.494 e. The van der Waals surface area contributed by atoms with E-state index in [-0.39, 0.29) is 0 Å². The Hall–Kier alpha value is -2.94. The summed E-state index contributed by atoms with van der Waals surface area (Å²) in [6, 6.07) is 25.9. The number of hydrogen-bond acceptors (Lipinski definition) is 3. The summed E-state index contributed by atoms with van der Waals surface area (Å²) >= 11 is 0. The fourth-order valence-electron chi connectivity index (χ4n) is 2.34. The van der Waals surface area contributed by atoms with Crippen molar-refractivity contribution in [3.05, 3.63) is 84.4 Å². The van der Waals surface area contributed by atoms with Gasteiger partial charge < -0.3 is 14.8 Å². The predicted octanol–water partition coefficient (Wildman–Crippen LogP) is 5.49. The van der Waals surface area contributed by atoms with Crippen molar-refractivity contribution in [1.82, 2.24) is 0 Å². The lowest BCUT2D eigenvalue weighted by atomic mass is 10.2. The van der Waals surface area contributed by atoms with E-state index >= 15 is 0 Å². The van der Waals surface area contributed by atoms with Crippen molar-refractivity contribution in [2.45, 2.75) is 13.5 Å².